The highest BCUT2D eigenvalue weighted by Gasteiger charge is 2.16. The molecule has 0 saturated carbocycles. The molecule has 0 unspecified atom stereocenters. The van der Waals surface area contributed by atoms with Gasteiger partial charge in [-0.1, -0.05) is 6.07 Å². The lowest BCUT2D eigenvalue weighted by Gasteiger charge is -2.08. The number of ketones is 1. The van der Waals surface area contributed by atoms with Crippen molar-refractivity contribution in [3.05, 3.63) is 66.8 Å². The molecule has 116 valence electrons. The average Bonchev–Trinajstić information content (AvgIpc) is 2.44. The van der Waals surface area contributed by atoms with Gasteiger partial charge in [-0.2, -0.15) is 0 Å². The summed E-state index contributed by atoms with van der Waals surface area (Å²) in [5.74, 6) is -0.265. The molecule has 1 N–H and O–H groups in total. The maximum absolute atomic E-state index is 12.2. The van der Waals surface area contributed by atoms with E-state index < -0.39 is 4.92 Å². The van der Waals surface area contributed by atoms with E-state index in [9.17, 15) is 14.9 Å². The van der Waals surface area contributed by atoms with Crippen molar-refractivity contribution in [1.82, 2.24) is 4.57 Å². The SMILES string of the molecule is Br.Cc1cccn(CC(=O)c2ccc(I)c([N+](=O)[O-])c2)c1=N. The Morgan fingerprint density at radius 3 is 2.73 bits per heavy atom. The minimum atomic E-state index is -0.506. The van der Waals surface area contributed by atoms with Gasteiger partial charge in [0.15, 0.2) is 5.78 Å². The molecule has 0 atom stereocenters. The predicted molar refractivity (Wildman–Crippen MR) is 95.5 cm³/mol. The fourth-order valence-corrected chi connectivity index (χ4v) is 2.41. The molecular weight excluding hydrogens is 465 g/mol. The van der Waals surface area contributed by atoms with Gasteiger partial charge in [-0.3, -0.25) is 20.3 Å². The van der Waals surface area contributed by atoms with Crippen LogP contribution >= 0.6 is 39.6 Å². The number of nitrogens with zero attached hydrogens (tertiary/aromatic N) is 2. The molecule has 0 radical (unpaired) electrons. The predicted octanol–water partition coefficient (Wildman–Crippen LogP) is 3.25. The number of carbonyl (C=O) groups excluding carboxylic acids is 1. The number of Topliss-reactive ketones (excluding diaryl/α,β-unsaturated/α-hetero) is 1. The maximum atomic E-state index is 12.2. The Bertz CT molecular complexity index is 789. The summed E-state index contributed by atoms with van der Waals surface area (Å²) in [7, 11) is 0. The number of hydrogen-bond acceptors (Lipinski definition) is 4. The number of rotatable bonds is 4. The van der Waals surface area contributed by atoms with Crippen LogP contribution in [0.25, 0.3) is 0 Å². The lowest BCUT2D eigenvalue weighted by molar-refractivity contribution is -0.385. The molecule has 0 aliphatic heterocycles. The second-order valence-electron chi connectivity index (χ2n) is 4.51. The van der Waals surface area contributed by atoms with E-state index in [1.807, 2.05) is 22.6 Å². The highest BCUT2D eigenvalue weighted by molar-refractivity contribution is 14.1. The number of carbonyl (C=O) groups is 1. The standard InChI is InChI=1S/C14H12IN3O3.BrH/c1-9-3-2-6-17(14(9)16)8-13(19)10-4-5-11(15)12(7-10)18(20)21;/h2-7,16H,8H2,1H3;1H. The number of aryl methyl sites for hydroxylation is 1. The second kappa shape index (κ2) is 7.63. The van der Waals surface area contributed by atoms with Crippen LogP contribution in [0.4, 0.5) is 5.69 Å². The Balaban J connectivity index is 0.00000242. The number of halogens is 2. The molecule has 0 fully saturated rings. The third-order valence-corrected chi connectivity index (χ3v) is 3.96. The number of hydrogen-bond donors (Lipinski definition) is 1. The van der Waals surface area contributed by atoms with E-state index in [1.54, 1.807) is 37.4 Å². The van der Waals surface area contributed by atoms with Gasteiger partial charge < -0.3 is 4.57 Å². The quantitative estimate of drug-likeness (QED) is 0.317. The Labute approximate surface area is 150 Å². The van der Waals surface area contributed by atoms with Crippen molar-refractivity contribution in [3.63, 3.8) is 0 Å². The largest absolute Gasteiger partial charge is 0.325 e. The number of aromatic nitrogens is 1. The van der Waals surface area contributed by atoms with Gasteiger partial charge in [-0.05, 0) is 53.3 Å². The molecule has 2 rings (SSSR count). The van der Waals surface area contributed by atoms with Crippen LogP contribution < -0.4 is 5.49 Å². The number of nitrogens with one attached hydrogen (secondary N) is 1. The summed E-state index contributed by atoms with van der Waals surface area (Å²) in [5.41, 5.74) is 1.21. The average molecular weight is 478 g/mol. The van der Waals surface area contributed by atoms with E-state index >= 15 is 0 Å². The van der Waals surface area contributed by atoms with E-state index in [2.05, 4.69) is 0 Å². The lowest BCUT2D eigenvalue weighted by Crippen LogP contribution is -2.25. The van der Waals surface area contributed by atoms with Gasteiger partial charge in [0.05, 0.1) is 15.0 Å². The molecular formula is C14H13BrIN3O3. The molecule has 0 bridgehead atoms. The zero-order valence-corrected chi connectivity index (χ0v) is 15.4. The van der Waals surface area contributed by atoms with Crippen LogP contribution in [-0.4, -0.2) is 15.3 Å². The number of pyridine rings is 1. The van der Waals surface area contributed by atoms with Crippen molar-refractivity contribution < 1.29 is 9.72 Å². The summed E-state index contributed by atoms with van der Waals surface area (Å²) >= 11 is 1.86. The smallest absolute Gasteiger partial charge is 0.283 e. The molecule has 0 aliphatic rings. The van der Waals surface area contributed by atoms with Gasteiger partial charge in [0, 0.05) is 17.8 Å². The van der Waals surface area contributed by atoms with Crippen LogP contribution in [-0.2, 0) is 6.54 Å². The first-order valence-corrected chi connectivity index (χ1v) is 7.16. The lowest BCUT2D eigenvalue weighted by atomic mass is 10.1. The zero-order valence-electron chi connectivity index (χ0n) is 11.6. The minimum absolute atomic E-state index is 0. The summed E-state index contributed by atoms with van der Waals surface area (Å²) in [5, 5.41) is 18.8. The highest BCUT2D eigenvalue weighted by atomic mass is 127. The molecule has 2 aromatic rings. The van der Waals surface area contributed by atoms with Gasteiger partial charge in [-0.15, -0.1) is 17.0 Å². The number of benzene rings is 1. The van der Waals surface area contributed by atoms with Gasteiger partial charge in [0.2, 0.25) is 0 Å². The van der Waals surface area contributed by atoms with Crippen molar-refractivity contribution in [2.75, 3.05) is 0 Å². The maximum Gasteiger partial charge on any atom is 0.283 e. The summed E-state index contributed by atoms with van der Waals surface area (Å²) in [4.78, 5) is 22.6. The summed E-state index contributed by atoms with van der Waals surface area (Å²) in [6.07, 6.45) is 1.65. The molecule has 0 spiro atoms. The fraction of sp³-hybridized carbons (Fsp3) is 0.143. The van der Waals surface area contributed by atoms with E-state index in [4.69, 9.17) is 5.41 Å². The molecule has 0 saturated heterocycles. The molecule has 6 nitrogen and oxygen atoms in total. The summed E-state index contributed by atoms with van der Waals surface area (Å²) in [6.45, 7) is 1.78. The third-order valence-electron chi connectivity index (χ3n) is 3.05. The van der Waals surface area contributed by atoms with Crippen molar-refractivity contribution >= 4 is 51.0 Å². The van der Waals surface area contributed by atoms with E-state index in [0.29, 0.717) is 3.57 Å². The van der Waals surface area contributed by atoms with Crippen LogP contribution in [0.2, 0.25) is 0 Å². The summed E-state index contributed by atoms with van der Waals surface area (Å²) < 4.78 is 2.00. The molecule has 0 amide bonds. The summed E-state index contributed by atoms with van der Waals surface area (Å²) in [6, 6.07) is 7.95. The molecule has 0 aliphatic carbocycles. The van der Waals surface area contributed by atoms with Gasteiger partial charge >= 0.3 is 0 Å². The van der Waals surface area contributed by atoms with Gasteiger partial charge in [-0.25, -0.2) is 0 Å². The number of nitro groups is 1. The van der Waals surface area contributed by atoms with Crippen LogP contribution in [0.1, 0.15) is 15.9 Å². The van der Waals surface area contributed by atoms with Crippen molar-refractivity contribution in [1.29, 1.82) is 5.41 Å². The normalized spacial score (nSPS) is 9.91. The Hall–Kier alpha value is -1.55. The first kappa shape index (κ1) is 18.5. The Morgan fingerprint density at radius 1 is 1.41 bits per heavy atom. The van der Waals surface area contributed by atoms with Crippen LogP contribution in [0, 0.1) is 26.0 Å². The van der Waals surface area contributed by atoms with Crippen molar-refractivity contribution in [3.8, 4) is 0 Å². The fourth-order valence-electron chi connectivity index (χ4n) is 1.88. The van der Waals surface area contributed by atoms with Crippen molar-refractivity contribution in [2.45, 2.75) is 13.5 Å². The first-order chi connectivity index (χ1) is 9.90. The zero-order chi connectivity index (χ0) is 15.6. The Kier molecular flexibility index (Phi) is 6.42. The van der Waals surface area contributed by atoms with Crippen LogP contribution in [0.15, 0.2) is 36.5 Å². The molecule has 22 heavy (non-hydrogen) atoms. The van der Waals surface area contributed by atoms with Crippen LogP contribution in [0.5, 0.6) is 0 Å². The molecule has 1 aromatic carbocycles. The van der Waals surface area contributed by atoms with Crippen molar-refractivity contribution in [2.24, 2.45) is 0 Å². The first-order valence-electron chi connectivity index (χ1n) is 6.08. The van der Waals surface area contributed by atoms with E-state index in [1.165, 1.54) is 10.6 Å². The molecule has 1 heterocycles. The second-order valence-corrected chi connectivity index (χ2v) is 5.68. The van der Waals surface area contributed by atoms with Crippen LogP contribution in [0.3, 0.4) is 0 Å². The Morgan fingerprint density at radius 2 is 2.09 bits per heavy atom. The van der Waals surface area contributed by atoms with Gasteiger partial charge in [0.25, 0.3) is 5.69 Å². The minimum Gasteiger partial charge on any atom is -0.325 e. The van der Waals surface area contributed by atoms with Gasteiger partial charge in [0.1, 0.15) is 5.49 Å². The molecule has 8 heteroatoms. The number of nitro benzene ring substituents is 1. The highest BCUT2D eigenvalue weighted by Crippen LogP contribution is 2.22. The van der Waals surface area contributed by atoms with E-state index in [-0.39, 0.29) is 46.0 Å². The van der Waals surface area contributed by atoms with E-state index in [0.717, 1.165) is 5.56 Å². The monoisotopic (exact) mass is 477 g/mol. The topological polar surface area (TPSA) is 89.0 Å². The third kappa shape index (κ3) is 4.01. The molecule has 1 aromatic heterocycles.